The number of aromatic amines is 1. The molecule has 100 valence electrons. The summed E-state index contributed by atoms with van der Waals surface area (Å²) in [5, 5.41) is 9.18. The van der Waals surface area contributed by atoms with Gasteiger partial charge in [-0.25, -0.2) is 4.98 Å². The predicted molar refractivity (Wildman–Crippen MR) is 68.1 cm³/mol. The van der Waals surface area contributed by atoms with E-state index in [1.807, 2.05) is 0 Å². The van der Waals surface area contributed by atoms with Gasteiger partial charge in [0.1, 0.15) is 6.33 Å². The molecule has 2 rings (SSSR count). The lowest BCUT2D eigenvalue weighted by Gasteiger charge is -2.30. The van der Waals surface area contributed by atoms with Crippen molar-refractivity contribution >= 4 is 5.91 Å². The number of carbonyl (C=O) groups is 1. The number of hydrogen-bond donors (Lipinski definition) is 2. The van der Waals surface area contributed by atoms with Crippen LogP contribution >= 0.6 is 0 Å². The maximum atomic E-state index is 11.8. The van der Waals surface area contributed by atoms with Crippen LogP contribution in [-0.2, 0) is 0 Å². The van der Waals surface area contributed by atoms with E-state index >= 15 is 0 Å². The summed E-state index contributed by atoms with van der Waals surface area (Å²) in [5.41, 5.74) is 0. The molecule has 6 nitrogen and oxygen atoms in total. The zero-order valence-electron chi connectivity index (χ0n) is 11.0. The van der Waals surface area contributed by atoms with E-state index in [0.717, 1.165) is 13.1 Å². The van der Waals surface area contributed by atoms with Gasteiger partial charge in [0.25, 0.3) is 5.91 Å². The average molecular weight is 251 g/mol. The topological polar surface area (TPSA) is 73.9 Å². The number of amides is 1. The zero-order valence-corrected chi connectivity index (χ0v) is 11.0. The summed E-state index contributed by atoms with van der Waals surface area (Å²) < 4.78 is 0. The average Bonchev–Trinajstić information content (AvgIpc) is 3.01. The van der Waals surface area contributed by atoms with Gasteiger partial charge in [-0.15, -0.1) is 0 Å². The maximum absolute atomic E-state index is 11.8. The van der Waals surface area contributed by atoms with Gasteiger partial charge in [0.2, 0.25) is 5.82 Å². The van der Waals surface area contributed by atoms with E-state index in [1.165, 1.54) is 19.2 Å². The monoisotopic (exact) mass is 251 g/mol. The van der Waals surface area contributed by atoms with Gasteiger partial charge in [0.15, 0.2) is 0 Å². The highest BCUT2D eigenvalue weighted by molar-refractivity contribution is 5.90. The van der Waals surface area contributed by atoms with Crippen LogP contribution in [0.15, 0.2) is 6.33 Å². The molecule has 1 saturated heterocycles. The van der Waals surface area contributed by atoms with Gasteiger partial charge in [-0.3, -0.25) is 14.8 Å². The van der Waals surface area contributed by atoms with Crippen LogP contribution in [0, 0.1) is 5.92 Å². The third-order valence-electron chi connectivity index (χ3n) is 3.48. The standard InChI is InChI=1S/C12H21N5O/c1-9(2)10(17-5-3-4-6-17)7-13-12(18)11-14-8-15-16-11/h8-10H,3-7H2,1-2H3,(H,13,18)(H,14,15,16). The summed E-state index contributed by atoms with van der Waals surface area (Å²) in [6, 6.07) is 0.402. The van der Waals surface area contributed by atoms with E-state index in [1.54, 1.807) is 0 Å². The Kier molecular flexibility index (Phi) is 4.30. The molecule has 0 aliphatic carbocycles. The van der Waals surface area contributed by atoms with Crippen molar-refractivity contribution in [1.29, 1.82) is 0 Å². The molecule has 0 spiro atoms. The van der Waals surface area contributed by atoms with Crippen molar-refractivity contribution in [3.63, 3.8) is 0 Å². The molecule has 0 bridgehead atoms. The summed E-state index contributed by atoms with van der Waals surface area (Å²) in [5.74, 6) is 0.620. The van der Waals surface area contributed by atoms with Crippen LogP contribution in [0.1, 0.15) is 37.3 Å². The zero-order chi connectivity index (χ0) is 13.0. The lowest BCUT2D eigenvalue weighted by Crippen LogP contribution is -2.45. The molecule has 18 heavy (non-hydrogen) atoms. The van der Waals surface area contributed by atoms with E-state index in [4.69, 9.17) is 0 Å². The van der Waals surface area contributed by atoms with E-state index in [2.05, 4.69) is 39.2 Å². The Morgan fingerprint density at radius 1 is 1.50 bits per heavy atom. The second-order valence-corrected chi connectivity index (χ2v) is 5.10. The van der Waals surface area contributed by atoms with Gasteiger partial charge < -0.3 is 5.32 Å². The Labute approximate surface area is 107 Å². The Bertz CT molecular complexity index is 370. The molecule has 1 unspecified atom stereocenters. The van der Waals surface area contributed by atoms with Crippen molar-refractivity contribution in [2.24, 2.45) is 5.92 Å². The Morgan fingerprint density at radius 3 is 2.78 bits per heavy atom. The van der Waals surface area contributed by atoms with E-state index in [0.29, 0.717) is 18.5 Å². The molecule has 1 aliphatic heterocycles. The van der Waals surface area contributed by atoms with Crippen LogP contribution in [0.2, 0.25) is 0 Å². The van der Waals surface area contributed by atoms with Crippen LogP contribution in [0.5, 0.6) is 0 Å². The Hall–Kier alpha value is -1.43. The molecule has 0 aromatic carbocycles. The van der Waals surface area contributed by atoms with Crippen molar-refractivity contribution in [2.75, 3.05) is 19.6 Å². The van der Waals surface area contributed by atoms with Crippen molar-refractivity contribution in [3.8, 4) is 0 Å². The highest BCUT2D eigenvalue weighted by Crippen LogP contribution is 2.17. The molecule has 2 heterocycles. The first-order valence-electron chi connectivity index (χ1n) is 6.56. The molecule has 2 N–H and O–H groups in total. The molecule has 6 heteroatoms. The molecule has 0 radical (unpaired) electrons. The van der Waals surface area contributed by atoms with Gasteiger partial charge in [0.05, 0.1) is 0 Å². The van der Waals surface area contributed by atoms with Gasteiger partial charge >= 0.3 is 0 Å². The quantitative estimate of drug-likeness (QED) is 0.806. The fourth-order valence-electron chi connectivity index (χ4n) is 2.46. The molecule has 0 saturated carbocycles. The fourth-order valence-corrected chi connectivity index (χ4v) is 2.46. The van der Waals surface area contributed by atoms with Gasteiger partial charge in [0, 0.05) is 12.6 Å². The summed E-state index contributed by atoms with van der Waals surface area (Å²) >= 11 is 0. The SMILES string of the molecule is CC(C)C(CNC(=O)c1ncn[nH]1)N1CCCC1. The summed E-state index contributed by atoms with van der Waals surface area (Å²) in [6.45, 7) is 7.34. The number of hydrogen-bond acceptors (Lipinski definition) is 4. The Balaban J connectivity index is 1.87. The highest BCUT2D eigenvalue weighted by atomic mass is 16.2. The number of rotatable bonds is 5. The van der Waals surface area contributed by atoms with Crippen LogP contribution in [0.3, 0.4) is 0 Å². The van der Waals surface area contributed by atoms with Crippen molar-refractivity contribution in [3.05, 3.63) is 12.2 Å². The molecule has 1 aromatic heterocycles. The normalized spacial score (nSPS) is 18.2. The molecular weight excluding hydrogens is 230 g/mol. The number of carbonyl (C=O) groups excluding carboxylic acids is 1. The number of H-pyrrole nitrogens is 1. The van der Waals surface area contributed by atoms with E-state index in [-0.39, 0.29) is 11.7 Å². The minimum atomic E-state index is -0.183. The molecule has 1 atom stereocenters. The molecule has 1 aromatic rings. The van der Waals surface area contributed by atoms with Crippen molar-refractivity contribution in [1.82, 2.24) is 25.4 Å². The maximum Gasteiger partial charge on any atom is 0.288 e. The minimum absolute atomic E-state index is 0.183. The first kappa shape index (κ1) is 13.0. The first-order chi connectivity index (χ1) is 8.68. The summed E-state index contributed by atoms with van der Waals surface area (Å²) in [7, 11) is 0. The van der Waals surface area contributed by atoms with E-state index in [9.17, 15) is 4.79 Å². The molecule has 1 amide bonds. The van der Waals surface area contributed by atoms with E-state index < -0.39 is 0 Å². The summed E-state index contributed by atoms with van der Waals surface area (Å²) in [4.78, 5) is 18.1. The third kappa shape index (κ3) is 3.07. The fraction of sp³-hybridized carbons (Fsp3) is 0.750. The number of nitrogens with zero attached hydrogens (tertiary/aromatic N) is 3. The van der Waals surface area contributed by atoms with Gasteiger partial charge in [-0.1, -0.05) is 13.8 Å². The second-order valence-electron chi connectivity index (χ2n) is 5.10. The molecule has 1 aliphatic rings. The number of aromatic nitrogens is 3. The number of nitrogens with one attached hydrogen (secondary N) is 2. The van der Waals surface area contributed by atoms with Crippen LogP contribution < -0.4 is 5.32 Å². The largest absolute Gasteiger partial charge is 0.348 e. The van der Waals surface area contributed by atoms with Crippen molar-refractivity contribution < 1.29 is 4.79 Å². The molecular formula is C12H21N5O. The van der Waals surface area contributed by atoms with Gasteiger partial charge in [-0.05, 0) is 31.8 Å². The smallest absolute Gasteiger partial charge is 0.288 e. The third-order valence-corrected chi connectivity index (χ3v) is 3.48. The lowest BCUT2D eigenvalue weighted by molar-refractivity contribution is 0.0917. The summed E-state index contributed by atoms with van der Waals surface area (Å²) in [6.07, 6.45) is 3.87. The van der Waals surface area contributed by atoms with Gasteiger partial charge in [-0.2, -0.15) is 5.10 Å². The minimum Gasteiger partial charge on any atom is -0.348 e. The van der Waals surface area contributed by atoms with Crippen LogP contribution in [0.4, 0.5) is 0 Å². The highest BCUT2D eigenvalue weighted by Gasteiger charge is 2.25. The lowest BCUT2D eigenvalue weighted by atomic mass is 10.0. The first-order valence-corrected chi connectivity index (χ1v) is 6.56. The number of likely N-dealkylation sites (tertiary alicyclic amines) is 1. The van der Waals surface area contributed by atoms with Crippen LogP contribution in [0.25, 0.3) is 0 Å². The van der Waals surface area contributed by atoms with Crippen LogP contribution in [-0.4, -0.2) is 51.7 Å². The Morgan fingerprint density at radius 2 is 2.22 bits per heavy atom. The molecule has 1 fully saturated rings. The van der Waals surface area contributed by atoms with Crippen molar-refractivity contribution in [2.45, 2.75) is 32.7 Å². The predicted octanol–water partition coefficient (Wildman–Crippen LogP) is 0.655. The second kappa shape index (κ2) is 5.95.